The first-order valence-electron chi connectivity index (χ1n) is 6.39. The fourth-order valence-electron chi connectivity index (χ4n) is 1.96. The predicted molar refractivity (Wildman–Crippen MR) is 64.3 cm³/mol. The summed E-state index contributed by atoms with van der Waals surface area (Å²) >= 11 is 0. The van der Waals surface area contributed by atoms with Crippen molar-refractivity contribution in [1.82, 2.24) is 9.80 Å². The van der Waals surface area contributed by atoms with Crippen LogP contribution in [0.25, 0.3) is 0 Å². The summed E-state index contributed by atoms with van der Waals surface area (Å²) in [5.41, 5.74) is 0. The number of unbranched alkanes of at least 4 members (excludes halogenated alkanes) is 1. The Morgan fingerprint density at radius 1 is 0.933 bits per heavy atom. The third-order valence-electron chi connectivity index (χ3n) is 3.05. The summed E-state index contributed by atoms with van der Waals surface area (Å²) in [7, 11) is 0. The van der Waals surface area contributed by atoms with Crippen LogP contribution in [0.4, 0.5) is 0 Å². The predicted octanol–water partition coefficient (Wildman–Crippen LogP) is 1.44. The fourth-order valence-corrected chi connectivity index (χ4v) is 1.96. The Labute approximate surface area is 94.4 Å². The van der Waals surface area contributed by atoms with Crippen molar-refractivity contribution in [2.45, 2.75) is 26.7 Å². The fraction of sp³-hybridized carbons (Fsp3) is 1.00. The van der Waals surface area contributed by atoms with Crippen molar-refractivity contribution in [3.63, 3.8) is 0 Å². The summed E-state index contributed by atoms with van der Waals surface area (Å²) in [5, 5.41) is 0. The average Bonchev–Trinajstić information content (AvgIpc) is 2.28. The van der Waals surface area contributed by atoms with E-state index < -0.39 is 0 Å². The minimum absolute atomic E-state index is 0.844. The maximum Gasteiger partial charge on any atom is 0.0593 e. The van der Waals surface area contributed by atoms with Gasteiger partial charge in [-0.1, -0.05) is 13.3 Å². The Morgan fingerprint density at radius 2 is 1.53 bits per heavy atom. The van der Waals surface area contributed by atoms with E-state index in [2.05, 4.69) is 23.6 Å². The topological polar surface area (TPSA) is 15.7 Å². The Hall–Kier alpha value is -0.120. The van der Waals surface area contributed by atoms with Crippen molar-refractivity contribution in [2.75, 3.05) is 52.5 Å². The summed E-state index contributed by atoms with van der Waals surface area (Å²) in [6.07, 6.45) is 2.66. The van der Waals surface area contributed by atoms with Crippen molar-refractivity contribution in [2.24, 2.45) is 0 Å². The van der Waals surface area contributed by atoms with Gasteiger partial charge < -0.3 is 9.64 Å². The molecule has 1 heterocycles. The highest BCUT2D eigenvalue weighted by molar-refractivity contribution is 4.71. The van der Waals surface area contributed by atoms with Gasteiger partial charge in [0, 0.05) is 39.3 Å². The molecule has 0 N–H and O–H groups in total. The Bertz CT molecular complexity index is 145. The van der Waals surface area contributed by atoms with Crippen LogP contribution in [0, 0.1) is 0 Å². The number of hydrogen-bond acceptors (Lipinski definition) is 3. The standard InChI is InChI=1S/C12H26N2O/c1-3-5-6-13-7-9-14(10-8-13)11-12-15-4-2/h3-12H2,1-2H3. The van der Waals surface area contributed by atoms with E-state index in [0.717, 1.165) is 19.8 Å². The van der Waals surface area contributed by atoms with Gasteiger partial charge >= 0.3 is 0 Å². The third kappa shape index (κ3) is 5.50. The zero-order chi connectivity index (χ0) is 10.9. The van der Waals surface area contributed by atoms with E-state index in [9.17, 15) is 0 Å². The van der Waals surface area contributed by atoms with E-state index in [1.165, 1.54) is 45.6 Å². The average molecular weight is 214 g/mol. The highest BCUT2D eigenvalue weighted by Gasteiger charge is 2.15. The molecular formula is C12H26N2O. The molecule has 0 unspecified atom stereocenters. The molecule has 1 aliphatic heterocycles. The van der Waals surface area contributed by atoms with Gasteiger partial charge in [-0.05, 0) is 19.9 Å². The molecule has 1 saturated heterocycles. The quantitative estimate of drug-likeness (QED) is 0.596. The van der Waals surface area contributed by atoms with Gasteiger partial charge in [-0.2, -0.15) is 0 Å². The Balaban J connectivity index is 2.02. The van der Waals surface area contributed by atoms with Crippen LogP contribution < -0.4 is 0 Å². The van der Waals surface area contributed by atoms with Crippen molar-refractivity contribution in [1.29, 1.82) is 0 Å². The molecular weight excluding hydrogens is 188 g/mol. The van der Waals surface area contributed by atoms with Gasteiger partial charge in [0.15, 0.2) is 0 Å². The van der Waals surface area contributed by atoms with E-state index in [0.29, 0.717) is 0 Å². The molecule has 3 nitrogen and oxygen atoms in total. The van der Waals surface area contributed by atoms with E-state index in [-0.39, 0.29) is 0 Å². The largest absolute Gasteiger partial charge is 0.380 e. The zero-order valence-corrected chi connectivity index (χ0v) is 10.4. The number of nitrogens with zero attached hydrogens (tertiary/aromatic N) is 2. The first kappa shape index (κ1) is 12.9. The van der Waals surface area contributed by atoms with Gasteiger partial charge in [0.1, 0.15) is 0 Å². The maximum absolute atomic E-state index is 5.37. The van der Waals surface area contributed by atoms with Crippen molar-refractivity contribution < 1.29 is 4.74 Å². The van der Waals surface area contributed by atoms with Crippen LogP contribution in [0.1, 0.15) is 26.7 Å². The van der Waals surface area contributed by atoms with Gasteiger partial charge in [-0.3, -0.25) is 4.90 Å². The van der Waals surface area contributed by atoms with Gasteiger partial charge in [-0.25, -0.2) is 0 Å². The molecule has 90 valence electrons. The van der Waals surface area contributed by atoms with E-state index in [1.54, 1.807) is 0 Å². The van der Waals surface area contributed by atoms with Crippen LogP contribution in [0.15, 0.2) is 0 Å². The van der Waals surface area contributed by atoms with Crippen molar-refractivity contribution >= 4 is 0 Å². The zero-order valence-electron chi connectivity index (χ0n) is 10.4. The molecule has 0 atom stereocenters. The van der Waals surface area contributed by atoms with Crippen molar-refractivity contribution in [3.05, 3.63) is 0 Å². The number of piperazine rings is 1. The molecule has 0 spiro atoms. The van der Waals surface area contributed by atoms with Gasteiger partial charge in [0.2, 0.25) is 0 Å². The molecule has 1 aliphatic rings. The molecule has 0 amide bonds. The van der Waals surface area contributed by atoms with Crippen LogP contribution in [0.2, 0.25) is 0 Å². The lowest BCUT2D eigenvalue weighted by molar-refractivity contribution is 0.0805. The van der Waals surface area contributed by atoms with Crippen LogP contribution in [-0.2, 0) is 4.74 Å². The Morgan fingerprint density at radius 3 is 2.07 bits per heavy atom. The molecule has 0 radical (unpaired) electrons. The monoisotopic (exact) mass is 214 g/mol. The third-order valence-corrected chi connectivity index (χ3v) is 3.05. The summed E-state index contributed by atoms with van der Waals surface area (Å²) in [5.74, 6) is 0. The number of ether oxygens (including phenoxy) is 1. The lowest BCUT2D eigenvalue weighted by Crippen LogP contribution is -2.47. The summed E-state index contributed by atoms with van der Waals surface area (Å²) < 4.78 is 5.37. The lowest BCUT2D eigenvalue weighted by atomic mass is 10.2. The highest BCUT2D eigenvalue weighted by Crippen LogP contribution is 2.03. The van der Waals surface area contributed by atoms with E-state index in [1.807, 2.05) is 0 Å². The van der Waals surface area contributed by atoms with Gasteiger partial charge in [0.25, 0.3) is 0 Å². The number of rotatable bonds is 7. The SMILES string of the molecule is CCCCN1CCN(CCOCC)CC1. The van der Waals surface area contributed by atoms with Crippen molar-refractivity contribution in [3.8, 4) is 0 Å². The smallest absolute Gasteiger partial charge is 0.0593 e. The summed E-state index contributed by atoms with van der Waals surface area (Å²) in [6, 6.07) is 0. The second-order valence-electron chi connectivity index (χ2n) is 4.23. The lowest BCUT2D eigenvalue weighted by Gasteiger charge is -2.34. The van der Waals surface area contributed by atoms with Gasteiger partial charge in [0.05, 0.1) is 6.61 Å². The second kappa shape index (κ2) is 8.08. The summed E-state index contributed by atoms with van der Waals surface area (Å²) in [6.45, 7) is 13.4. The molecule has 1 fully saturated rings. The van der Waals surface area contributed by atoms with Gasteiger partial charge in [-0.15, -0.1) is 0 Å². The molecule has 0 aromatic heterocycles. The molecule has 3 heteroatoms. The number of hydrogen-bond donors (Lipinski definition) is 0. The molecule has 0 saturated carbocycles. The molecule has 0 bridgehead atoms. The molecule has 0 aromatic carbocycles. The minimum Gasteiger partial charge on any atom is -0.380 e. The minimum atomic E-state index is 0.844. The first-order valence-corrected chi connectivity index (χ1v) is 6.39. The van der Waals surface area contributed by atoms with Crippen LogP contribution in [0.3, 0.4) is 0 Å². The molecule has 0 aliphatic carbocycles. The van der Waals surface area contributed by atoms with Crippen LogP contribution in [0.5, 0.6) is 0 Å². The van der Waals surface area contributed by atoms with E-state index >= 15 is 0 Å². The molecule has 15 heavy (non-hydrogen) atoms. The van der Waals surface area contributed by atoms with Crippen LogP contribution >= 0.6 is 0 Å². The normalized spacial score (nSPS) is 19.6. The highest BCUT2D eigenvalue weighted by atomic mass is 16.5. The van der Waals surface area contributed by atoms with E-state index in [4.69, 9.17) is 4.74 Å². The molecule has 1 rings (SSSR count). The molecule has 0 aromatic rings. The summed E-state index contributed by atoms with van der Waals surface area (Å²) in [4.78, 5) is 5.10. The first-order chi connectivity index (χ1) is 7.36. The Kier molecular flexibility index (Phi) is 6.98. The van der Waals surface area contributed by atoms with Crippen LogP contribution in [-0.4, -0.2) is 62.3 Å². The second-order valence-corrected chi connectivity index (χ2v) is 4.23. The maximum atomic E-state index is 5.37.